The van der Waals surface area contributed by atoms with Crippen molar-refractivity contribution in [2.24, 2.45) is 0 Å². The third kappa shape index (κ3) is 1.55. The van der Waals surface area contributed by atoms with Gasteiger partial charge in [-0.15, -0.1) is 0 Å². The van der Waals surface area contributed by atoms with Crippen LogP contribution in [0.1, 0.15) is 18.7 Å². The molecule has 0 bridgehead atoms. The van der Waals surface area contributed by atoms with E-state index in [0.717, 1.165) is 42.9 Å². The van der Waals surface area contributed by atoms with Gasteiger partial charge in [0.25, 0.3) is 0 Å². The lowest BCUT2D eigenvalue weighted by Crippen LogP contribution is -2.11. The predicted molar refractivity (Wildman–Crippen MR) is 62.3 cm³/mol. The summed E-state index contributed by atoms with van der Waals surface area (Å²) in [7, 11) is 0. The summed E-state index contributed by atoms with van der Waals surface area (Å²) in [5, 5.41) is 0. The lowest BCUT2D eigenvalue weighted by Gasteiger charge is -2.08. The van der Waals surface area contributed by atoms with E-state index in [2.05, 4.69) is 9.38 Å². The van der Waals surface area contributed by atoms with E-state index in [0.29, 0.717) is 6.10 Å². The van der Waals surface area contributed by atoms with E-state index in [1.807, 2.05) is 24.5 Å². The summed E-state index contributed by atoms with van der Waals surface area (Å²) < 4.78 is 7.67. The van der Waals surface area contributed by atoms with Crippen molar-refractivity contribution >= 4 is 11.2 Å². The van der Waals surface area contributed by atoms with E-state index in [9.17, 15) is 0 Å². The number of aromatic nitrogens is 2. The molecule has 1 unspecified atom stereocenters. The number of ether oxygens (including phenoxy) is 1. The smallest absolute Gasteiger partial charge is 0.115 e. The number of hydrogen-bond donors (Lipinski definition) is 1. The summed E-state index contributed by atoms with van der Waals surface area (Å²) in [5.41, 5.74) is 7.64. The maximum Gasteiger partial charge on any atom is 0.115 e. The fourth-order valence-electron chi connectivity index (χ4n) is 2.26. The summed E-state index contributed by atoms with van der Waals surface area (Å²) in [5.74, 6) is 1.04. The zero-order chi connectivity index (χ0) is 11.0. The molecule has 2 N–H and O–H groups in total. The van der Waals surface area contributed by atoms with E-state index in [1.54, 1.807) is 0 Å². The van der Waals surface area contributed by atoms with Crippen molar-refractivity contribution in [2.45, 2.75) is 25.4 Å². The summed E-state index contributed by atoms with van der Waals surface area (Å²) >= 11 is 0. The summed E-state index contributed by atoms with van der Waals surface area (Å²) in [6.07, 6.45) is 7.33. The van der Waals surface area contributed by atoms with E-state index >= 15 is 0 Å². The largest absolute Gasteiger partial charge is 0.397 e. The second-order valence-electron chi connectivity index (χ2n) is 4.23. The molecule has 1 fully saturated rings. The lowest BCUT2D eigenvalue weighted by molar-refractivity contribution is 0.110. The molecule has 0 aliphatic carbocycles. The number of pyridine rings is 1. The highest BCUT2D eigenvalue weighted by Gasteiger charge is 2.18. The standard InChI is InChI=1S/C12H15N3O/c13-10-4-1-5-15-11(10)8-14-12(15)7-9-3-2-6-16-9/h1,4-5,8-9H,2-3,6-7,13H2. The summed E-state index contributed by atoms with van der Waals surface area (Å²) in [4.78, 5) is 4.42. The van der Waals surface area contributed by atoms with E-state index in [4.69, 9.17) is 10.5 Å². The normalized spacial score (nSPS) is 20.6. The molecule has 2 aromatic rings. The van der Waals surface area contributed by atoms with Gasteiger partial charge in [0.15, 0.2) is 0 Å². The van der Waals surface area contributed by atoms with Gasteiger partial charge in [0.05, 0.1) is 23.5 Å². The Balaban J connectivity index is 1.94. The highest BCUT2D eigenvalue weighted by molar-refractivity contribution is 5.68. The van der Waals surface area contributed by atoms with Gasteiger partial charge in [-0.05, 0) is 25.0 Å². The van der Waals surface area contributed by atoms with Crippen molar-refractivity contribution in [3.63, 3.8) is 0 Å². The van der Waals surface area contributed by atoms with Gasteiger partial charge < -0.3 is 14.9 Å². The Hall–Kier alpha value is -1.55. The van der Waals surface area contributed by atoms with Gasteiger partial charge in [-0.3, -0.25) is 0 Å². The van der Waals surface area contributed by atoms with Crippen LogP contribution in [0, 0.1) is 0 Å². The number of fused-ring (bicyclic) bond motifs is 1. The molecule has 4 heteroatoms. The quantitative estimate of drug-likeness (QED) is 0.832. The van der Waals surface area contributed by atoms with Gasteiger partial charge in [-0.25, -0.2) is 4.98 Å². The molecule has 0 spiro atoms. The van der Waals surface area contributed by atoms with Crippen LogP contribution in [0.2, 0.25) is 0 Å². The van der Waals surface area contributed by atoms with Gasteiger partial charge in [0, 0.05) is 19.2 Å². The molecule has 1 aliphatic rings. The maximum atomic E-state index is 5.89. The first-order valence-electron chi connectivity index (χ1n) is 5.66. The SMILES string of the molecule is Nc1cccn2c(CC3CCCO3)ncc12. The van der Waals surface area contributed by atoms with E-state index in [1.165, 1.54) is 0 Å². The number of anilines is 1. The topological polar surface area (TPSA) is 52.5 Å². The van der Waals surface area contributed by atoms with Crippen LogP contribution < -0.4 is 5.73 Å². The van der Waals surface area contributed by atoms with Crippen LogP contribution in [0.3, 0.4) is 0 Å². The summed E-state index contributed by atoms with van der Waals surface area (Å²) in [6, 6.07) is 3.84. The number of rotatable bonds is 2. The van der Waals surface area contributed by atoms with E-state index in [-0.39, 0.29) is 0 Å². The average Bonchev–Trinajstić information content (AvgIpc) is 2.90. The highest BCUT2D eigenvalue weighted by atomic mass is 16.5. The molecule has 0 aromatic carbocycles. The number of nitrogen functional groups attached to an aromatic ring is 1. The van der Waals surface area contributed by atoms with Crippen molar-refractivity contribution in [1.82, 2.24) is 9.38 Å². The van der Waals surface area contributed by atoms with Crippen molar-refractivity contribution in [2.75, 3.05) is 12.3 Å². The zero-order valence-corrected chi connectivity index (χ0v) is 9.10. The minimum atomic E-state index is 0.326. The maximum absolute atomic E-state index is 5.89. The number of hydrogen-bond acceptors (Lipinski definition) is 3. The molecule has 0 saturated carbocycles. The van der Waals surface area contributed by atoms with Gasteiger partial charge in [-0.2, -0.15) is 0 Å². The highest BCUT2D eigenvalue weighted by Crippen LogP contribution is 2.19. The van der Waals surface area contributed by atoms with Gasteiger partial charge in [0.1, 0.15) is 5.82 Å². The van der Waals surface area contributed by atoms with Crippen LogP contribution in [0.4, 0.5) is 5.69 Å². The Labute approximate surface area is 94.0 Å². The first-order valence-corrected chi connectivity index (χ1v) is 5.66. The molecule has 1 atom stereocenters. The fourth-order valence-corrected chi connectivity index (χ4v) is 2.26. The fraction of sp³-hybridized carbons (Fsp3) is 0.417. The molecule has 3 heterocycles. The second kappa shape index (κ2) is 3.79. The van der Waals surface area contributed by atoms with Crippen molar-refractivity contribution in [3.8, 4) is 0 Å². The lowest BCUT2D eigenvalue weighted by atomic mass is 10.2. The van der Waals surface area contributed by atoms with E-state index < -0.39 is 0 Å². The molecule has 0 radical (unpaired) electrons. The molecule has 1 saturated heterocycles. The molecule has 0 amide bonds. The number of nitrogens with two attached hydrogens (primary N) is 1. The van der Waals surface area contributed by atoms with Crippen LogP contribution in [0.5, 0.6) is 0 Å². The number of nitrogens with zero attached hydrogens (tertiary/aromatic N) is 2. The molecular formula is C12H15N3O. The average molecular weight is 217 g/mol. The minimum absolute atomic E-state index is 0.326. The van der Waals surface area contributed by atoms with Crippen LogP contribution in [-0.4, -0.2) is 22.1 Å². The molecular weight excluding hydrogens is 202 g/mol. The molecule has 2 aromatic heterocycles. The second-order valence-corrected chi connectivity index (χ2v) is 4.23. The molecule has 4 nitrogen and oxygen atoms in total. The molecule has 1 aliphatic heterocycles. The summed E-state index contributed by atoms with van der Waals surface area (Å²) in [6.45, 7) is 0.885. The third-order valence-electron chi connectivity index (χ3n) is 3.11. The Bertz CT molecular complexity index is 500. The van der Waals surface area contributed by atoms with Gasteiger partial charge in [-0.1, -0.05) is 0 Å². The van der Waals surface area contributed by atoms with Crippen LogP contribution in [0.15, 0.2) is 24.5 Å². The Morgan fingerprint density at radius 3 is 3.31 bits per heavy atom. The van der Waals surface area contributed by atoms with Gasteiger partial charge in [0.2, 0.25) is 0 Å². The number of imidazole rings is 1. The van der Waals surface area contributed by atoms with Crippen LogP contribution in [-0.2, 0) is 11.2 Å². The Morgan fingerprint density at radius 2 is 2.50 bits per heavy atom. The third-order valence-corrected chi connectivity index (χ3v) is 3.11. The minimum Gasteiger partial charge on any atom is -0.397 e. The van der Waals surface area contributed by atoms with Crippen LogP contribution in [0.25, 0.3) is 5.52 Å². The van der Waals surface area contributed by atoms with Crippen molar-refractivity contribution in [1.29, 1.82) is 0 Å². The Kier molecular flexibility index (Phi) is 2.29. The van der Waals surface area contributed by atoms with Crippen molar-refractivity contribution in [3.05, 3.63) is 30.4 Å². The van der Waals surface area contributed by atoms with Crippen LogP contribution >= 0.6 is 0 Å². The van der Waals surface area contributed by atoms with Gasteiger partial charge >= 0.3 is 0 Å². The zero-order valence-electron chi connectivity index (χ0n) is 9.10. The molecule has 84 valence electrons. The first kappa shape index (κ1) is 9.66. The molecule has 16 heavy (non-hydrogen) atoms. The van der Waals surface area contributed by atoms with Crippen molar-refractivity contribution < 1.29 is 4.74 Å². The first-order chi connectivity index (χ1) is 7.84. The Morgan fingerprint density at radius 1 is 1.56 bits per heavy atom. The predicted octanol–water partition coefficient (Wildman–Crippen LogP) is 1.64. The molecule has 3 rings (SSSR count). The monoisotopic (exact) mass is 217 g/mol.